The number of anilines is 1. The van der Waals surface area contributed by atoms with E-state index in [1.807, 2.05) is 0 Å². The van der Waals surface area contributed by atoms with Crippen LogP contribution < -0.4 is 15.5 Å². The van der Waals surface area contributed by atoms with E-state index in [-0.39, 0.29) is 5.91 Å². The fourth-order valence-electron chi connectivity index (χ4n) is 2.41. The molecule has 2 rings (SSSR count). The van der Waals surface area contributed by atoms with Crippen LogP contribution in [0.25, 0.3) is 0 Å². The van der Waals surface area contributed by atoms with Gasteiger partial charge in [0, 0.05) is 25.8 Å². The summed E-state index contributed by atoms with van der Waals surface area (Å²) in [5.41, 5.74) is 3.93. The van der Waals surface area contributed by atoms with Crippen LogP contribution in [0.1, 0.15) is 18.1 Å². The lowest BCUT2D eigenvalue weighted by Crippen LogP contribution is -2.37. The van der Waals surface area contributed by atoms with E-state index in [0.717, 1.165) is 26.1 Å². The zero-order chi connectivity index (χ0) is 13.0. The monoisotopic (exact) mass is 247 g/mol. The lowest BCUT2D eigenvalue weighted by molar-refractivity contribution is -0.119. The van der Waals surface area contributed by atoms with Gasteiger partial charge in [-0.25, -0.2) is 0 Å². The van der Waals surface area contributed by atoms with E-state index < -0.39 is 0 Å². The summed E-state index contributed by atoms with van der Waals surface area (Å²) >= 11 is 0. The predicted octanol–water partition coefficient (Wildman–Crippen LogP) is 0.905. The highest BCUT2D eigenvalue weighted by atomic mass is 16.1. The number of rotatable bonds is 4. The second-order valence-corrected chi connectivity index (χ2v) is 4.53. The molecule has 2 N–H and O–H groups in total. The Kier molecular flexibility index (Phi) is 4.20. The van der Waals surface area contributed by atoms with Crippen molar-refractivity contribution in [1.82, 2.24) is 10.6 Å². The lowest BCUT2D eigenvalue weighted by Gasteiger charge is -2.28. The fraction of sp³-hybridized carbons (Fsp3) is 0.500. The summed E-state index contributed by atoms with van der Waals surface area (Å²) in [6.07, 6.45) is 1.07. The van der Waals surface area contributed by atoms with Crippen LogP contribution in [-0.2, 0) is 17.8 Å². The summed E-state index contributed by atoms with van der Waals surface area (Å²) in [6.45, 7) is 5.28. The minimum absolute atomic E-state index is 0.0539. The first-order valence-corrected chi connectivity index (χ1v) is 6.53. The molecular formula is C14H21N3O. The first kappa shape index (κ1) is 12.9. The second-order valence-electron chi connectivity index (χ2n) is 4.53. The Balaban J connectivity index is 2.27. The Morgan fingerprint density at radius 2 is 2.33 bits per heavy atom. The van der Waals surface area contributed by atoms with Crippen molar-refractivity contribution in [3.63, 3.8) is 0 Å². The molecule has 1 amide bonds. The fourth-order valence-corrected chi connectivity index (χ4v) is 2.41. The van der Waals surface area contributed by atoms with Crippen molar-refractivity contribution in [2.24, 2.45) is 0 Å². The molecular weight excluding hydrogens is 226 g/mol. The van der Waals surface area contributed by atoms with Crippen LogP contribution in [0.5, 0.6) is 0 Å². The maximum Gasteiger partial charge on any atom is 0.239 e. The molecule has 1 heterocycles. The second kappa shape index (κ2) is 5.87. The van der Waals surface area contributed by atoms with Gasteiger partial charge < -0.3 is 15.5 Å². The van der Waals surface area contributed by atoms with E-state index >= 15 is 0 Å². The number of carbonyl (C=O) groups is 1. The van der Waals surface area contributed by atoms with E-state index in [4.69, 9.17) is 0 Å². The van der Waals surface area contributed by atoms with Crippen LogP contribution in [0.15, 0.2) is 18.2 Å². The predicted molar refractivity (Wildman–Crippen MR) is 73.8 cm³/mol. The van der Waals surface area contributed by atoms with Crippen molar-refractivity contribution in [2.75, 3.05) is 31.6 Å². The minimum Gasteiger partial charge on any atom is -0.362 e. The summed E-state index contributed by atoms with van der Waals surface area (Å²) in [5, 5.41) is 6.08. The quantitative estimate of drug-likeness (QED) is 0.831. The van der Waals surface area contributed by atoms with Gasteiger partial charge >= 0.3 is 0 Å². The molecule has 1 aromatic rings. The Morgan fingerprint density at radius 1 is 1.50 bits per heavy atom. The Labute approximate surface area is 108 Å². The first-order chi connectivity index (χ1) is 8.76. The zero-order valence-electron chi connectivity index (χ0n) is 11.1. The molecule has 0 aromatic heterocycles. The van der Waals surface area contributed by atoms with E-state index in [2.05, 4.69) is 40.7 Å². The number of nitrogens with one attached hydrogen (secondary N) is 2. The van der Waals surface area contributed by atoms with Gasteiger partial charge in [-0.05, 0) is 37.1 Å². The van der Waals surface area contributed by atoms with Gasteiger partial charge in [0.2, 0.25) is 5.91 Å². The minimum atomic E-state index is 0.0539. The largest absolute Gasteiger partial charge is 0.362 e. The first-order valence-electron chi connectivity index (χ1n) is 6.53. The van der Waals surface area contributed by atoms with Crippen molar-refractivity contribution < 1.29 is 4.79 Å². The topological polar surface area (TPSA) is 44.4 Å². The molecule has 18 heavy (non-hydrogen) atoms. The molecule has 0 aliphatic carbocycles. The SMILES string of the molecule is CCN(CC(=O)NC)c1cccc2c1CNCC2. The Morgan fingerprint density at radius 3 is 3.06 bits per heavy atom. The van der Waals surface area contributed by atoms with Crippen molar-refractivity contribution in [2.45, 2.75) is 19.9 Å². The molecule has 0 bridgehead atoms. The van der Waals surface area contributed by atoms with E-state index in [9.17, 15) is 4.79 Å². The molecule has 1 aromatic carbocycles. The van der Waals surface area contributed by atoms with Crippen molar-refractivity contribution in [3.8, 4) is 0 Å². The third kappa shape index (κ3) is 2.64. The number of nitrogens with zero attached hydrogens (tertiary/aromatic N) is 1. The molecule has 0 saturated carbocycles. The standard InChI is InChI=1S/C14H21N3O/c1-3-17(10-14(18)15-2)13-6-4-5-11-7-8-16-9-12(11)13/h4-6,16H,3,7-10H2,1-2H3,(H,15,18). The number of fused-ring (bicyclic) bond motifs is 1. The van der Waals surface area contributed by atoms with Gasteiger partial charge in [-0.15, -0.1) is 0 Å². The lowest BCUT2D eigenvalue weighted by atomic mass is 9.98. The van der Waals surface area contributed by atoms with Crippen molar-refractivity contribution >= 4 is 11.6 Å². The number of benzene rings is 1. The average Bonchev–Trinajstić information content (AvgIpc) is 2.44. The molecule has 0 atom stereocenters. The number of hydrogen-bond donors (Lipinski definition) is 2. The van der Waals surface area contributed by atoms with E-state index in [1.165, 1.54) is 16.8 Å². The van der Waals surface area contributed by atoms with Crippen LogP contribution in [0, 0.1) is 0 Å². The van der Waals surface area contributed by atoms with Gasteiger partial charge in [-0.2, -0.15) is 0 Å². The molecule has 0 radical (unpaired) electrons. The number of amides is 1. The van der Waals surface area contributed by atoms with E-state index in [1.54, 1.807) is 7.05 Å². The van der Waals surface area contributed by atoms with Gasteiger partial charge in [0.25, 0.3) is 0 Å². The Hall–Kier alpha value is -1.55. The highest BCUT2D eigenvalue weighted by Crippen LogP contribution is 2.26. The van der Waals surface area contributed by atoms with E-state index in [0.29, 0.717) is 6.54 Å². The molecule has 1 aliphatic heterocycles. The summed E-state index contributed by atoms with van der Waals surface area (Å²) < 4.78 is 0. The van der Waals surface area contributed by atoms with Gasteiger partial charge in [0.05, 0.1) is 6.54 Å². The highest BCUT2D eigenvalue weighted by molar-refractivity contribution is 5.81. The third-order valence-corrected chi connectivity index (χ3v) is 3.46. The van der Waals surface area contributed by atoms with Gasteiger partial charge in [0.1, 0.15) is 0 Å². The smallest absolute Gasteiger partial charge is 0.239 e. The molecule has 0 saturated heterocycles. The van der Waals surface area contributed by atoms with Crippen molar-refractivity contribution in [3.05, 3.63) is 29.3 Å². The molecule has 0 fully saturated rings. The number of hydrogen-bond acceptors (Lipinski definition) is 3. The third-order valence-electron chi connectivity index (χ3n) is 3.46. The van der Waals surface area contributed by atoms with Crippen molar-refractivity contribution in [1.29, 1.82) is 0 Å². The molecule has 4 heteroatoms. The van der Waals surface area contributed by atoms with Crippen LogP contribution in [0.3, 0.4) is 0 Å². The number of likely N-dealkylation sites (N-methyl/N-ethyl adjacent to an activating group) is 2. The summed E-state index contributed by atoms with van der Waals surface area (Å²) in [7, 11) is 1.68. The van der Waals surface area contributed by atoms with Gasteiger partial charge in [0.15, 0.2) is 0 Å². The molecule has 0 unspecified atom stereocenters. The van der Waals surface area contributed by atoms with Crippen LogP contribution in [0.4, 0.5) is 5.69 Å². The average molecular weight is 247 g/mol. The maximum absolute atomic E-state index is 11.6. The summed E-state index contributed by atoms with van der Waals surface area (Å²) in [6, 6.07) is 6.39. The Bertz CT molecular complexity index is 431. The maximum atomic E-state index is 11.6. The van der Waals surface area contributed by atoms with Crippen LogP contribution in [0.2, 0.25) is 0 Å². The zero-order valence-corrected chi connectivity index (χ0v) is 11.1. The molecule has 4 nitrogen and oxygen atoms in total. The molecule has 98 valence electrons. The summed E-state index contributed by atoms with van der Waals surface area (Å²) in [5.74, 6) is 0.0539. The molecule has 0 spiro atoms. The van der Waals surface area contributed by atoms with Gasteiger partial charge in [-0.3, -0.25) is 4.79 Å². The normalized spacial score (nSPS) is 13.9. The van der Waals surface area contributed by atoms with Crippen LogP contribution in [-0.4, -0.2) is 32.6 Å². The van der Waals surface area contributed by atoms with Gasteiger partial charge in [-0.1, -0.05) is 12.1 Å². The summed E-state index contributed by atoms with van der Waals surface area (Å²) in [4.78, 5) is 13.7. The number of carbonyl (C=O) groups excluding carboxylic acids is 1. The molecule has 1 aliphatic rings. The highest BCUT2D eigenvalue weighted by Gasteiger charge is 2.17. The van der Waals surface area contributed by atoms with Crippen LogP contribution >= 0.6 is 0 Å².